The highest BCUT2D eigenvalue weighted by atomic mass is 32.2. The highest BCUT2D eigenvalue weighted by Gasteiger charge is 2.19. The number of nitrogens with zero attached hydrogens (tertiary/aromatic N) is 1. The van der Waals surface area contributed by atoms with Gasteiger partial charge in [-0.2, -0.15) is 0 Å². The Bertz CT molecular complexity index is 835. The summed E-state index contributed by atoms with van der Waals surface area (Å²) in [6.07, 6.45) is 3.21. The number of carboxylic acid groups (broad SMARTS) is 1. The van der Waals surface area contributed by atoms with Gasteiger partial charge in [-0.3, -0.25) is 0 Å². The summed E-state index contributed by atoms with van der Waals surface area (Å²) in [7, 11) is -3.73. The van der Waals surface area contributed by atoms with Crippen LogP contribution in [0.4, 0.5) is 0 Å². The molecule has 0 radical (unpaired) electrons. The molecule has 11 heteroatoms. The van der Waals surface area contributed by atoms with E-state index in [1.54, 1.807) is 18.3 Å². The van der Waals surface area contributed by atoms with Gasteiger partial charge in [0.25, 0.3) is 0 Å². The molecule has 6 N–H and O–H groups in total. The van der Waals surface area contributed by atoms with Crippen molar-refractivity contribution in [1.82, 2.24) is 20.6 Å². The number of H-pyrrole nitrogens is 1. The van der Waals surface area contributed by atoms with E-state index in [0.29, 0.717) is 12.2 Å². The van der Waals surface area contributed by atoms with Gasteiger partial charge in [0.15, 0.2) is 5.11 Å². The number of aromatic amines is 1. The molecule has 134 valence electrons. The number of rotatable bonds is 7. The van der Waals surface area contributed by atoms with Crippen LogP contribution in [0.15, 0.2) is 41.7 Å². The number of thiocarbonyl (C=S) groups is 1. The first-order valence-corrected chi connectivity index (χ1v) is 9.07. The van der Waals surface area contributed by atoms with E-state index in [1.807, 2.05) is 0 Å². The summed E-state index contributed by atoms with van der Waals surface area (Å²) in [4.78, 5) is 18.0. The molecule has 0 saturated carbocycles. The highest BCUT2D eigenvalue weighted by molar-refractivity contribution is 7.89. The molecule has 0 unspecified atom stereocenters. The second-order valence-corrected chi connectivity index (χ2v) is 7.16. The third-order valence-electron chi connectivity index (χ3n) is 3.29. The quantitative estimate of drug-likeness (QED) is 0.410. The number of hydrogen-bond acceptors (Lipinski definition) is 5. The molecule has 0 spiro atoms. The third kappa shape index (κ3) is 5.81. The van der Waals surface area contributed by atoms with Crippen LogP contribution in [0.25, 0.3) is 0 Å². The predicted molar refractivity (Wildman–Crippen MR) is 94.1 cm³/mol. The number of nitrogens with two attached hydrogens (primary N) is 1. The van der Waals surface area contributed by atoms with Crippen LogP contribution in [-0.2, 0) is 27.8 Å². The van der Waals surface area contributed by atoms with Gasteiger partial charge >= 0.3 is 5.97 Å². The Morgan fingerprint density at radius 3 is 2.56 bits per heavy atom. The monoisotopic (exact) mass is 383 g/mol. The molecule has 2 aromatic rings. The van der Waals surface area contributed by atoms with Gasteiger partial charge in [0.2, 0.25) is 10.0 Å². The van der Waals surface area contributed by atoms with E-state index in [2.05, 4.69) is 20.6 Å². The molecule has 0 amide bonds. The number of benzene rings is 1. The fourth-order valence-corrected chi connectivity index (χ4v) is 2.73. The summed E-state index contributed by atoms with van der Waals surface area (Å²) < 4.78 is 22.4. The van der Waals surface area contributed by atoms with Crippen molar-refractivity contribution >= 4 is 33.3 Å². The largest absolute Gasteiger partial charge is 0.480 e. The van der Waals surface area contributed by atoms with Gasteiger partial charge in [-0.25, -0.2) is 23.3 Å². The van der Waals surface area contributed by atoms with E-state index in [9.17, 15) is 18.3 Å². The molecule has 2 rings (SSSR count). The fourth-order valence-electron chi connectivity index (χ4n) is 2.00. The van der Waals surface area contributed by atoms with Gasteiger partial charge in [-0.15, -0.1) is 0 Å². The van der Waals surface area contributed by atoms with Gasteiger partial charge in [0.05, 0.1) is 11.2 Å². The second-order valence-electron chi connectivity index (χ2n) is 5.19. The van der Waals surface area contributed by atoms with Crippen LogP contribution in [0.1, 0.15) is 11.3 Å². The number of imidazole rings is 1. The van der Waals surface area contributed by atoms with Crippen molar-refractivity contribution in [3.63, 3.8) is 0 Å². The summed E-state index contributed by atoms with van der Waals surface area (Å²) in [6, 6.07) is 5.05. The maximum Gasteiger partial charge on any atom is 0.326 e. The molecule has 9 nitrogen and oxygen atoms in total. The van der Waals surface area contributed by atoms with E-state index >= 15 is 0 Å². The van der Waals surface area contributed by atoms with Crippen molar-refractivity contribution < 1.29 is 18.3 Å². The molecule has 1 aromatic carbocycles. The SMILES string of the molecule is NS(=O)(=O)c1ccc(CNC(=S)N[C@@H](Cc2cnc[nH]2)C(=O)O)cc1. The number of aromatic nitrogens is 2. The Morgan fingerprint density at radius 2 is 2.04 bits per heavy atom. The van der Waals surface area contributed by atoms with Gasteiger partial charge in [-0.1, -0.05) is 12.1 Å². The van der Waals surface area contributed by atoms with E-state index in [-0.39, 0.29) is 16.4 Å². The van der Waals surface area contributed by atoms with E-state index in [4.69, 9.17) is 17.4 Å². The molecule has 1 heterocycles. The Kier molecular flexibility index (Phi) is 6.07. The van der Waals surface area contributed by atoms with Crippen molar-refractivity contribution in [3.8, 4) is 0 Å². The van der Waals surface area contributed by atoms with Crippen LogP contribution in [-0.4, -0.2) is 40.6 Å². The van der Waals surface area contributed by atoms with Crippen molar-refractivity contribution in [3.05, 3.63) is 48.0 Å². The lowest BCUT2D eigenvalue weighted by molar-refractivity contribution is -0.139. The van der Waals surface area contributed by atoms with Crippen molar-refractivity contribution in [2.24, 2.45) is 5.14 Å². The average molecular weight is 383 g/mol. The zero-order valence-corrected chi connectivity index (χ0v) is 14.6. The lowest BCUT2D eigenvalue weighted by Crippen LogP contribution is -2.46. The zero-order chi connectivity index (χ0) is 18.4. The summed E-state index contributed by atoms with van der Waals surface area (Å²) in [5, 5.41) is 20.1. The van der Waals surface area contributed by atoms with Crippen LogP contribution in [0, 0.1) is 0 Å². The lowest BCUT2D eigenvalue weighted by Gasteiger charge is -2.16. The maximum absolute atomic E-state index is 11.3. The van der Waals surface area contributed by atoms with Crippen LogP contribution in [0.2, 0.25) is 0 Å². The van der Waals surface area contributed by atoms with Crippen LogP contribution >= 0.6 is 12.2 Å². The number of primary sulfonamides is 1. The smallest absolute Gasteiger partial charge is 0.326 e. The topological polar surface area (TPSA) is 150 Å². The molecular weight excluding hydrogens is 366 g/mol. The summed E-state index contributed by atoms with van der Waals surface area (Å²) in [5.74, 6) is -1.05. The molecule has 25 heavy (non-hydrogen) atoms. The van der Waals surface area contributed by atoms with E-state index in [1.165, 1.54) is 18.5 Å². The number of hydrogen-bond donors (Lipinski definition) is 5. The molecule has 0 saturated heterocycles. The number of nitrogens with one attached hydrogen (secondary N) is 3. The third-order valence-corrected chi connectivity index (χ3v) is 4.48. The molecule has 0 fully saturated rings. The van der Waals surface area contributed by atoms with E-state index < -0.39 is 22.0 Å². The van der Waals surface area contributed by atoms with Crippen molar-refractivity contribution in [2.45, 2.75) is 23.9 Å². The second kappa shape index (κ2) is 8.05. The Hall–Kier alpha value is -2.50. The normalized spacial score (nSPS) is 12.4. The first kappa shape index (κ1) is 18.8. The van der Waals surface area contributed by atoms with Gasteiger partial charge < -0.3 is 20.7 Å². The number of carbonyl (C=O) groups is 1. The fraction of sp³-hybridized carbons (Fsp3) is 0.214. The predicted octanol–water partition coefficient (Wildman–Crippen LogP) is -0.283. The molecule has 1 atom stereocenters. The molecule has 0 aliphatic heterocycles. The number of sulfonamides is 1. The highest BCUT2D eigenvalue weighted by Crippen LogP contribution is 2.08. The maximum atomic E-state index is 11.3. The molecule has 0 aliphatic carbocycles. The zero-order valence-electron chi connectivity index (χ0n) is 13.0. The van der Waals surface area contributed by atoms with Crippen LogP contribution < -0.4 is 15.8 Å². The minimum absolute atomic E-state index is 0.0162. The Balaban J connectivity index is 1.89. The van der Waals surface area contributed by atoms with Crippen LogP contribution in [0.3, 0.4) is 0 Å². The summed E-state index contributed by atoms with van der Waals surface area (Å²) >= 11 is 5.10. The first-order valence-electron chi connectivity index (χ1n) is 7.12. The van der Waals surface area contributed by atoms with Gasteiger partial charge in [-0.05, 0) is 29.9 Å². The number of aliphatic carboxylic acids is 1. The molecule has 0 bridgehead atoms. The lowest BCUT2D eigenvalue weighted by atomic mass is 10.2. The number of carboxylic acids is 1. The summed E-state index contributed by atoms with van der Waals surface area (Å²) in [5.41, 5.74) is 1.43. The van der Waals surface area contributed by atoms with Crippen molar-refractivity contribution in [2.75, 3.05) is 0 Å². The van der Waals surface area contributed by atoms with Gasteiger partial charge in [0.1, 0.15) is 6.04 Å². The molecule has 1 aromatic heterocycles. The van der Waals surface area contributed by atoms with Crippen LogP contribution in [0.5, 0.6) is 0 Å². The standard InChI is InChI=1S/C14H17N5O4S2/c15-25(22,23)11-3-1-9(2-4-11)6-17-14(24)19-12(13(20)21)5-10-7-16-8-18-10/h1-4,7-8,12H,5-6H2,(H,16,18)(H,20,21)(H2,15,22,23)(H2,17,19,24)/t12-/m0/s1. The Labute approximate surface area is 149 Å². The molecule has 0 aliphatic rings. The first-order chi connectivity index (χ1) is 11.8. The molecular formula is C14H17N5O4S2. The van der Waals surface area contributed by atoms with E-state index in [0.717, 1.165) is 5.56 Å². The average Bonchev–Trinajstić information content (AvgIpc) is 3.05. The van der Waals surface area contributed by atoms with Crippen molar-refractivity contribution in [1.29, 1.82) is 0 Å². The van der Waals surface area contributed by atoms with Gasteiger partial charge in [0, 0.05) is 24.9 Å². The Morgan fingerprint density at radius 1 is 1.36 bits per heavy atom. The summed E-state index contributed by atoms with van der Waals surface area (Å²) in [6.45, 7) is 0.299. The minimum atomic E-state index is -3.73. The minimum Gasteiger partial charge on any atom is -0.480 e.